The molecule has 32 heavy (non-hydrogen) atoms. The number of para-hydroxylation sites is 2. The second-order valence-corrected chi connectivity index (χ2v) is 7.72. The third-order valence-electron chi connectivity index (χ3n) is 4.98. The number of carbonyl (C=O) groups is 1. The van der Waals surface area contributed by atoms with Gasteiger partial charge in [-0.15, -0.1) is 0 Å². The first-order valence-corrected chi connectivity index (χ1v) is 10.8. The normalized spacial score (nSPS) is 10.8. The lowest BCUT2D eigenvalue weighted by molar-refractivity contribution is -0.116. The zero-order valence-electron chi connectivity index (χ0n) is 18.0. The maximum atomic E-state index is 12.8. The fraction of sp³-hybridized carbons (Fsp3) is 0.200. The van der Waals surface area contributed by atoms with Gasteiger partial charge < -0.3 is 19.4 Å². The van der Waals surface area contributed by atoms with E-state index >= 15 is 0 Å². The van der Waals surface area contributed by atoms with E-state index in [9.17, 15) is 4.79 Å². The maximum absolute atomic E-state index is 12.8. The monoisotopic (exact) mass is 449 g/mol. The van der Waals surface area contributed by atoms with E-state index in [1.54, 1.807) is 6.07 Å². The highest BCUT2D eigenvalue weighted by Gasteiger charge is 2.15. The van der Waals surface area contributed by atoms with Crippen molar-refractivity contribution in [2.45, 2.75) is 27.0 Å². The van der Waals surface area contributed by atoms with Gasteiger partial charge in [-0.1, -0.05) is 23.7 Å². The third kappa shape index (κ3) is 5.03. The van der Waals surface area contributed by atoms with Crippen molar-refractivity contribution in [3.63, 3.8) is 0 Å². The number of anilines is 1. The molecule has 1 aromatic heterocycles. The fourth-order valence-electron chi connectivity index (χ4n) is 3.41. The summed E-state index contributed by atoms with van der Waals surface area (Å²) in [6.07, 6.45) is 0. The molecule has 3 aromatic carbocycles. The topological polar surface area (TPSA) is 65.4 Å². The zero-order valence-corrected chi connectivity index (χ0v) is 18.7. The van der Waals surface area contributed by atoms with E-state index in [2.05, 4.69) is 10.3 Å². The van der Waals surface area contributed by atoms with Crippen LogP contribution in [0.25, 0.3) is 11.0 Å². The number of carbonyl (C=O) groups excluding carboxylic acids is 1. The molecule has 164 valence electrons. The van der Waals surface area contributed by atoms with Crippen LogP contribution in [0.4, 0.5) is 5.69 Å². The molecule has 4 rings (SSSR count). The molecule has 0 unspecified atom stereocenters. The molecule has 0 fully saturated rings. The number of benzene rings is 3. The van der Waals surface area contributed by atoms with Crippen LogP contribution >= 0.6 is 11.6 Å². The number of hydrogen-bond acceptors (Lipinski definition) is 4. The van der Waals surface area contributed by atoms with E-state index in [1.165, 1.54) is 0 Å². The van der Waals surface area contributed by atoms with Gasteiger partial charge in [-0.2, -0.15) is 0 Å². The Morgan fingerprint density at radius 2 is 1.78 bits per heavy atom. The van der Waals surface area contributed by atoms with Crippen molar-refractivity contribution in [1.29, 1.82) is 0 Å². The van der Waals surface area contributed by atoms with Gasteiger partial charge in [0.05, 0.1) is 17.6 Å². The van der Waals surface area contributed by atoms with E-state index in [4.69, 9.17) is 21.1 Å². The van der Waals surface area contributed by atoms with Crippen molar-refractivity contribution >= 4 is 34.2 Å². The number of halogens is 1. The van der Waals surface area contributed by atoms with Crippen molar-refractivity contribution in [2.24, 2.45) is 0 Å². The number of nitrogens with one attached hydrogen (secondary N) is 1. The average Bonchev–Trinajstić information content (AvgIpc) is 3.13. The summed E-state index contributed by atoms with van der Waals surface area (Å²) in [5.41, 5.74) is 3.33. The van der Waals surface area contributed by atoms with E-state index in [0.717, 1.165) is 22.3 Å². The number of rotatable bonds is 8. The summed E-state index contributed by atoms with van der Waals surface area (Å²) in [6.45, 7) is 4.80. The van der Waals surface area contributed by atoms with Gasteiger partial charge in [0.1, 0.15) is 30.5 Å². The van der Waals surface area contributed by atoms with Crippen LogP contribution < -0.4 is 14.8 Å². The quantitative estimate of drug-likeness (QED) is 0.379. The summed E-state index contributed by atoms with van der Waals surface area (Å²) < 4.78 is 13.3. The molecule has 0 aliphatic rings. The first kappa shape index (κ1) is 21.7. The Hall–Kier alpha value is -3.51. The van der Waals surface area contributed by atoms with Crippen LogP contribution in [0, 0.1) is 6.92 Å². The van der Waals surface area contributed by atoms with Gasteiger partial charge in [-0.05, 0) is 74.0 Å². The molecular weight excluding hydrogens is 426 g/mol. The Labute approximate surface area is 191 Å². The first-order valence-electron chi connectivity index (χ1n) is 10.4. The summed E-state index contributed by atoms with van der Waals surface area (Å²) in [6, 6.07) is 20.5. The molecule has 4 aromatic rings. The SMILES string of the molecule is CCOc1ccc(NC(=O)Cn2c(COc3ccc(Cl)c(C)c3)nc3ccccc32)cc1. The third-order valence-corrected chi connectivity index (χ3v) is 5.41. The van der Waals surface area contributed by atoms with Crippen LogP contribution in [-0.4, -0.2) is 22.1 Å². The molecule has 0 bridgehead atoms. The van der Waals surface area contributed by atoms with Crippen LogP contribution in [0.2, 0.25) is 5.02 Å². The van der Waals surface area contributed by atoms with E-state index in [0.29, 0.717) is 28.9 Å². The molecule has 0 aliphatic carbocycles. The molecule has 1 amide bonds. The lowest BCUT2D eigenvalue weighted by Crippen LogP contribution is -2.20. The number of nitrogens with zero attached hydrogens (tertiary/aromatic N) is 2. The van der Waals surface area contributed by atoms with Crippen LogP contribution in [-0.2, 0) is 17.9 Å². The second-order valence-electron chi connectivity index (χ2n) is 7.31. The molecule has 1 heterocycles. The standard InChI is InChI=1S/C25H24ClN3O3/c1-3-31-19-10-8-18(9-11-19)27-25(30)15-29-23-7-5-4-6-22(23)28-24(29)16-32-20-12-13-21(26)17(2)14-20/h4-14H,3,15-16H2,1-2H3,(H,27,30). The highest BCUT2D eigenvalue weighted by molar-refractivity contribution is 6.31. The molecule has 0 radical (unpaired) electrons. The molecule has 6 nitrogen and oxygen atoms in total. The van der Waals surface area contributed by atoms with Gasteiger partial charge in [-0.3, -0.25) is 4.79 Å². The van der Waals surface area contributed by atoms with Gasteiger partial charge >= 0.3 is 0 Å². The van der Waals surface area contributed by atoms with E-state index in [-0.39, 0.29) is 19.1 Å². The van der Waals surface area contributed by atoms with Gasteiger partial charge in [0.2, 0.25) is 5.91 Å². The zero-order chi connectivity index (χ0) is 22.5. The summed E-state index contributed by atoms with van der Waals surface area (Å²) >= 11 is 6.10. The molecule has 7 heteroatoms. The number of aryl methyl sites for hydroxylation is 1. The molecule has 0 aliphatic heterocycles. The van der Waals surface area contributed by atoms with Gasteiger partial charge in [0.15, 0.2) is 0 Å². The molecule has 0 saturated carbocycles. The highest BCUT2D eigenvalue weighted by atomic mass is 35.5. The van der Waals surface area contributed by atoms with Crippen LogP contribution in [0.3, 0.4) is 0 Å². The summed E-state index contributed by atoms with van der Waals surface area (Å²) in [7, 11) is 0. The fourth-order valence-corrected chi connectivity index (χ4v) is 3.53. The molecule has 0 atom stereocenters. The Balaban J connectivity index is 1.51. The van der Waals surface area contributed by atoms with Crippen molar-refractivity contribution in [1.82, 2.24) is 9.55 Å². The van der Waals surface area contributed by atoms with E-state index < -0.39 is 0 Å². The number of imidazole rings is 1. The molecule has 0 spiro atoms. The summed E-state index contributed by atoms with van der Waals surface area (Å²) in [5, 5.41) is 3.62. The predicted molar refractivity (Wildman–Crippen MR) is 126 cm³/mol. The average molecular weight is 450 g/mol. The number of fused-ring (bicyclic) bond motifs is 1. The lowest BCUT2D eigenvalue weighted by atomic mass is 10.2. The Morgan fingerprint density at radius 3 is 2.53 bits per heavy atom. The number of ether oxygens (including phenoxy) is 2. The highest BCUT2D eigenvalue weighted by Crippen LogP contribution is 2.23. The Kier molecular flexibility index (Phi) is 6.61. The Bertz CT molecular complexity index is 1240. The molecule has 1 N–H and O–H groups in total. The van der Waals surface area contributed by atoms with Crippen LogP contribution in [0.5, 0.6) is 11.5 Å². The van der Waals surface area contributed by atoms with Crippen molar-refractivity contribution < 1.29 is 14.3 Å². The first-order chi connectivity index (χ1) is 15.5. The van der Waals surface area contributed by atoms with Gasteiger partial charge in [0.25, 0.3) is 0 Å². The number of amides is 1. The smallest absolute Gasteiger partial charge is 0.244 e. The molecule has 0 saturated heterocycles. The maximum Gasteiger partial charge on any atom is 0.244 e. The predicted octanol–water partition coefficient (Wildman–Crippen LogP) is 5.61. The van der Waals surface area contributed by atoms with Crippen molar-refractivity contribution in [3.05, 3.63) is 83.1 Å². The minimum atomic E-state index is -0.152. The van der Waals surface area contributed by atoms with E-state index in [1.807, 2.05) is 79.1 Å². The summed E-state index contributed by atoms with van der Waals surface area (Å²) in [5.74, 6) is 1.98. The van der Waals surface area contributed by atoms with Crippen LogP contribution in [0.15, 0.2) is 66.7 Å². The van der Waals surface area contributed by atoms with Gasteiger partial charge in [0, 0.05) is 10.7 Å². The largest absolute Gasteiger partial charge is 0.494 e. The Morgan fingerprint density at radius 1 is 1.03 bits per heavy atom. The van der Waals surface area contributed by atoms with Crippen LogP contribution in [0.1, 0.15) is 18.3 Å². The van der Waals surface area contributed by atoms with Crippen molar-refractivity contribution in [3.8, 4) is 11.5 Å². The summed E-state index contributed by atoms with van der Waals surface area (Å²) in [4.78, 5) is 17.5. The van der Waals surface area contributed by atoms with Gasteiger partial charge in [-0.25, -0.2) is 4.98 Å². The second kappa shape index (κ2) is 9.75. The number of hydrogen-bond donors (Lipinski definition) is 1. The molecular formula is C25H24ClN3O3. The minimum Gasteiger partial charge on any atom is -0.494 e. The minimum absolute atomic E-state index is 0.117. The van der Waals surface area contributed by atoms with Crippen molar-refractivity contribution in [2.75, 3.05) is 11.9 Å². The number of aromatic nitrogens is 2. The lowest BCUT2D eigenvalue weighted by Gasteiger charge is -2.12.